The van der Waals surface area contributed by atoms with Crippen molar-refractivity contribution in [2.45, 2.75) is 39.3 Å². The molecule has 1 unspecified atom stereocenters. The van der Waals surface area contributed by atoms with Crippen LogP contribution in [0.4, 0.5) is 0 Å². The van der Waals surface area contributed by atoms with Crippen molar-refractivity contribution in [3.63, 3.8) is 0 Å². The maximum atomic E-state index is 4.63. The van der Waals surface area contributed by atoms with Gasteiger partial charge in [-0.2, -0.15) is 0 Å². The number of aromatic nitrogens is 1. The summed E-state index contributed by atoms with van der Waals surface area (Å²) in [6.07, 6.45) is 0. The second-order valence-electron chi connectivity index (χ2n) is 5.53. The first kappa shape index (κ1) is 19.9. The Morgan fingerprint density at radius 1 is 1.22 bits per heavy atom. The van der Waals surface area contributed by atoms with Gasteiger partial charge in [0.05, 0.1) is 23.3 Å². The highest BCUT2D eigenvalue weighted by Crippen LogP contribution is 2.19. The van der Waals surface area contributed by atoms with Gasteiger partial charge in [0.25, 0.3) is 0 Å². The summed E-state index contributed by atoms with van der Waals surface area (Å²) in [4.78, 5) is 8.91. The van der Waals surface area contributed by atoms with Gasteiger partial charge in [0.1, 0.15) is 0 Å². The van der Waals surface area contributed by atoms with E-state index in [1.165, 1.54) is 10.6 Å². The number of aliphatic imine (C=N–C) groups is 1. The Bertz CT molecular complexity index is 610. The zero-order valence-electron chi connectivity index (χ0n) is 14.0. The van der Waals surface area contributed by atoms with E-state index >= 15 is 0 Å². The lowest BCUT2D eigenvalue weighted by Gasteiger charge is -2.17. The zero-order valence-corrected chi connectivity index (χ0v) is 17.2. The molecule has 23 heavy (non-hydrogen) atoms. The fraction of sp³-hybridized carbons (Fsp3) is 0.412. The molecule has 0 radical (unpaired) electrons. The summed E-state index contributed by atoms with van der Waals surface area (Å²) in [5.74, 6) is 1.27. The SMILES string of the molecule is CN=C(NCc1csc(C(C)C)n1)NC(C)c1ccccc1.I. The van der Waals surface area contributed by atoms with Crippen LogP contribution in [0, 0.1) is 0 Å². The average molecular weight is 444 g/mol. The van der Waals surface area contributed by atoms with E-state index in [1.807, 2.05) is 18.2 Å². The summed E-state index contributed by atoms with van der Waals surface area (Å²) in [6, 6.07) is 10.5. The largest absolute Gasteiger partial charge is 0.351 e. The molecule has 0 saturated carbocycles. The van der Waals surface area contributed by atoms with Crippen LogP contribution in [-0.4, -0.2) is 18.0 Å². The van der Waals surface area contributed by atoms with Gasteiger partial charge in [-0.1, -0.05) is 44.2 Å². The maximum absolute atomic E-state index is 4.63. The van der Waals surface area contributed by atoms with Gasteiger partial charge in [-0.25, -0.2) is 4.98 Å². The van der Waals surface area contributed by atoms with Gasteiger partial charge >= 0.3 is 0 Å². The predicted octanol–water partition coefficient (Wildman–Crippen LogP) is 4.31. The molecule has 0 bridgehead atoms. The molecule has 0 aliphatic rings. The Kier molecular flexibility index (Phi) is 8.54. The molecule has 0 aliphatic carbocycles. The van der Waals surface area contributed by atoms with Gasteiger partial charge in [0.15, 0.2) is 5.96 Å². The second kappa shape index (κ2) is 9.87. The third-order valence-corrected chi connectivity index (χ3v) is 4.57. The lowest BCUT2D eigenvalue weighted by molar-refractivity contribution is 0.682. The Balaban J connectivity index is 0.00000264. The molecule has 0 spiro atoms. The number of thiazole rings is 1. The Hall–Kier alpha value is -1.15. The predicted molar refractivity (Wildman–Crippen MR) is 110 cm³/mol. The van der Waals surface area contributed by atoms with Crippen LogP contribution in [0.5, 0.6) is 0 Å². The van der Waals surface area contributed by atoms with Crippen molar-refractivity contribution in [2.75, 3.05) is 7.05 Å². The average Bonchev–Trinajstić information content (AvgIpc) is 3.01. The molecule has 0 amide bonds. The zero-order chi connectivity index (χ0) is 15.9. The molecular weight excluding hydrogens is 419 g/mol. The number of nitrogens with one attached hydrogen (secondary N) is 2. The first-order valence-corrected chi connectivity index (χ1v) is 8.44. The van der Waals surface area contributed by atoms with Gasteiger partial charge in [0, 0.05) is 18.3 Å². The van der Waals surface area contributed by atoms with E-state index in [-0.39, 0.29) is 30.0 Å². The molecule has 1 atom stereocenters. The summed E-state index contributed by atoms with van der Waals surface area (Å²) in [7, 11) is 1.79. The van der Waals surface area contributed by atoms with Crippen molar-refractivity contribution in [3.05, 3.63) is 52.0 Å². The van der Waals surface area contributed by atoms with Crippen molar-refractivity contribution in [3.8, 4) is 0 Å². The standard InChI is InChI=1S/C17H24N4S.HI/c1-12(2)16-21-15(11-22-16)10-19-17(18-4)20-13(3)14-8-6-5-7-9-14;/h5-9,11-13H,10H2,1-4H3,(H2,18,19,20);1H. The van der Waals surface area contributed by atoms with E-state index in [9.17, 15) is 0 Å². The topological polar surface area (TPSA) is 49.3 Å². The fourth-order valence-corrected chi connectivity index (χ4v) is 2.90. The normalized spacial score (nSPS) is 12.7. The number of guanidine groups is 1. The van der Waals surface area contributed by atoms with E-state index in [1.54, 1.807) is 18.4 Å². The molecule has 0 fully saturated rings. The quantitative estimate of drug-likeness (QED) is 0.411. The third kappa shape index (κ3) is 6.10. The van der Waals surface area contributed by atoms with Crippen LogP contribution < -0.4 is 10.6 Å². The molecule has 1 aromatic carbocycles. The molecule has 0 aliphatic heterocycles. The van der Waals surface area contributed by atoms with Crippen molar-refractivity contribution in [2.24, 2.45) is 4.99 Å². The minimum atomic E-state index is 0. The smallest absolute Gasteiger partial charge is 0.191 e. The molecule has 1 heterocycles. The summed E-state index contributed by atoms with van der Waals surface area (Å²) >= 11 is 1.72. The van der Waals surface area contributed by atoms with Crippen LogP contribution >= 0.6 is 35.3 Å². The first-order valence-electron chi connectivity index (χ1n) is 7.56. The Labute approximate surface area is 159 Å². The van der Waals surface area contributed by atoms with Crippen LogP contribution in [0.3, 0.4) is 0 Å². The molecular formula is C17H25IN4S. The van der Waals surface area contributed by atoms with Gasteiger partial charge in [-0.3, -0.25) is 4.99 Å². The monoisotopic (exact) mass is 444 g/mol. The minimum Gasteiger partial charge on any atom is -0.351 e. The number of rotatable bonds is 5. The van der Waals surface area contributed by atoms with Gasteiger partial charge < -0.3 is 10.6 Å². The molecule has 2 N–H and O–H groups in total. The molecule has 4 nitrogen and oxygen atoms in total. The van der Waals surface area contributed by atoms with Crippen LogP contribution in [0.15, 0.2) is 40.7 Å². The third-order valence-electron chi connectivity index (χ3n) is 3.38. The van der Waals surface area contributed by atoms with E-state index in [0.717, 1.165) is 11.7 Å². The highest BCUT2D eigenvalue weighted by atomic mass is 127. The molecule has 126 valence electrons. The molecule has 1 aromatic heterocycles. The van der Waals surface area contributed by atoms with Crippen molar-refractivity contribution >= 4 is 41.3 Å². The summed E-state index contributed by atoms with van der Waals surface area (Å²) in [5.41, 5.74) is 2.30. The van der Waals surface area contributed by atoms with E-state index in [0.29, 0.717) is 12.5 Å². The van der Waals surface area contributed by atoms with Crippen molar-refractivity contribution in [1.82, 2.24) is 15.6 Å². The second-order valence-corrected chi connectivity index (χ2v) is 6.42. The van der Waals surface area contributed by atoms with Gasteiger partial charge in [-0.15, -0.1) is 35.3 Å². The lowest BCUT2D eigenvalue weighted by Crippen LogP contribution is -2.38. The van der Waals surface area contributed by atoms with Crippen molar-refractivity contribution < 1.29 is 0 Å². The van der Waals surface area contributed by atoms with Crippen LogP contribution in [0.1, 0.15) is 49.0 Å². The number of nitrogens with zero attached hydrogens (tertiary/aromatic N) is 2. The minimum absolute atomic E-state index is 0. The fourth-order valence-electron chi connectivity index (χ4n) is 2.07. The summed E-state index contributed by atoms with van der Waals surface area (Å²) < 4.78 is 0. The van der Waals surface area contributed by atoms with E-state index < -0.39 is 0 Å². The van der Waals surface area contributed by atoms with Crippen LogP contribution in [0.2, 0.25) is 0 Å². The van der Waals surface area contributed by atoms with Crippen LogP contribution in [-0.2, 0) is 6.54 Å². The molecule has 0 saturated heterocycles. The number of benzene rings is 1. The van der Waals surface area contributed by atoms with E-state index in [2.05, 4.69) is 58.9 Å². The van der Waals surface area contributed by atoms with Crippen LogP contribution in [0.25, 0.3) is 0 Å². The molecule has 6 heteroatoms. The lowest BCUT2D eigenvalue weighted by atomic mass is 10.1. The van der Waals surface area contributed by atoms with Gasteiger partial charge in [0.2, 0.25) is 0 Å². The highest BCUT2D eigenvalue weighted by Gasteiger charge is 2.09. The highest BCUT2D eigenvalue weighted by molar-refractivity contribution is 14.0. The number of hydrogen-bond donors (Lipinski definition) is 2. The number of hydrogen-bond acceptors (Lipinski definition) is 3. The first-order chi connectivity index (χ1) is 10.6. The van der Waals surface area contributed by atoms with E-state index in [4.69, 9.17) is 0 Å². The Morgan fingerprint density at radius 2 is 1.91 bits per heavy atom. The summed E-state index contributed by atoms with van der Waals surface area (Å²) in [5, 5.41) is 10.0. The number of halogens is 1. The maximum Gasteiger partial charge on any atom is 0.191 e. The van der Waals surface area contributed by atoms with Gasteiger partial charge in [-0.05, 0) is 12.5 Å². The Morgan fingerprint density at radius 3 is 2.48 bits per heavy atom. The van der Waals surface area contributed by atoms with Crippen molar-refractivity contribution in [1.29, 1.82) is 0 Å². The molecule has 2 aromatic rings. The molecule has 2 rings (SSSR count). The summed E-state index contributed by atoms with van der Waals surface area (Å²) in [6.45, 7) is 7.14.